The van der Waals surface area contributed by atoms with Crippen molar-refractivity contribution in [3.8, 4) is 0 Å². The van der Waals surface area contributed by atoms with Crippen LogP contribution in [0.15, 0.2) is 0 Å². The van der Waals surface area contributed by atoms with Crippen molar-refractivity contribution >= 4 is 11.8 Å². The Morgan fingerprint density at radius 3 is 2.17 bits per heavy atom. The van der Waals surface area contributed by atoms with Gasteiger partial charge in [-0.25, -0.2) is 0 Å². The second kappa shape index (κ2) is 4.01. The van der Waals surface area contributed by atoms with Crippen LogP contribution in [0.4, 0.5) is 0 Å². The molecule has 0 aromatic heterocycles. The summed E-state index contributed by atoms with van der Waals surface area (Å²) in [6.07, 6.45) is 0. The van der Waals surface area contributed by atoms with Crippen molar-refractivity contribution < 1.29 is 0 Å². The van der Waals surface area contributed by atoms with E-state index >= 15 is 0 Å². The third-order valence-electron chi connectivity index (χ3n) is 2.48. The molecule has 1 heterocycles. The van der Waals surface area contributed by atoms with E-state index in [0.29, 0.717) is 6.04 Å². The summed E-state index contributed by atoms with van der Waals surface area (Å²) in [4.78, 5) is 2.65. The van der Waals surface area contributed by atoms with Gasteiger partial charge in [0.25, 0.3) is 0 Å². The first-order chi connectivity index (χ1) is 5.54. The van der Waals surface area contributed by atoms with Crippen LogP contribution < -0.4 is 0 Å². The van der Waals surface area contributed by atoms with Gasteiger partial charge in [0.2, 0.25) is 0 Å². The molecule has 0 aliphatic carbocycles. The lowest BCUT2D eigenvalue weighted by molar-refractivity contribution is 0.151. The van der Waals surface area contributed by atoms with Gasteiger partial charge < -0.3 is 0 Å². The summed E-state index contributed by atoms with van der Waals surface area (Å²) in [7, 11) is 0. The van der Waals surface area contributed by atoms with E-state index < -0.39 is 0 Å². The van der Waals surface area contributed by atoms with Crippen molar-refractivity contribution in [3.63, 3.8) is 0 Å². The van der Waals surface area contributed by atoms with Crippen LogP contribution in [0, 0.1) is 5.92 Å². The number of hydrogen-bond donors (Lipinski definition) is 0. The predicted molar refractivity (Wildman–Crippen MR) is 57.5 cm³/mol. The molecule has 0 aromatic rings. The first kappa shape index (κ1) is 10.4. The zero-order valence-corrected chi connectivity index (χ0v) is 9.69. The van der Waals surface area contributed by atoms with Crippen LogP contribution in [0.1, 0.15) is 34.6 Å². The van der Waals surface area contributed by atoms with E-state index in [1.165, 1.54) is 5.75 Å². The Hall–Kier alpha value is 0.310. The van der Waals surface area contributed by atoms with Crippen molar-refractivity contribution in [1.29, 1.82) is 0 Å². The van der Waals surface area contributed by atoms with Crippen LogP contribution in [0.3, 0.4) is 0 Å². The summed E-state index contributed by atoms with van der Waals surface area (Å²) in [6, 6.07) is 1.46. The average molecular weight is 187 g/mol. The summed E-state index contributed by atoms with van der Waals surface area (Å²) in [5, 5.41) is 0.750. The second-order valence-electron chi connectivity index (χ2n) is 4.36. The van der Waals surface area contributed by atoms with Gasteiger partial charge in [0.05, 0.1) is 5.37 Å². The summed E-state index contributed by atoms with van der Waals surface area (Å²) in [6.45, 7) is 11.6. The quantitative estimate of drug-likeness (QED) is 0.654. The van der Waals surface area contributed by atoms with E-state index in [-0.39, 0.29) is 0 Å². The molecule has 2 heteroatoms. The first-order valence-corrected chi connectivity index (χ1v) is 5.98. The van der Waals surface area contributed by atoms with Gasteiger partial charge in [-0.2, -0.15) is 0 Å². The molecule has 1 fully saturated rings. The van der Waals surface area contributed by atoms with Crippen LogP contribution in [-0.4, -0.2) is 28.1 Å². The molecular weight excluding hydrogens is 166 g/mol. The summed E-state index contributed by atoms with van der Waals surface area (Å²) in [5.41, 5.74) is 0. The third kappa shape index (κ3) is 1.97. The molecule has 72 valence electrons. The van der Waals surface area contributed by atoms with Crippen molar-refractivity contribution in [1.82, 2.24) is 4.90 Å². The molecule has 2 atom stereocenters. The van der Waals surface area contributed by atoms with Crippen molar-refractivity contribution in [3.05, 3.63) is 0 Å². The molecule has 1 saturated heterocycles. The summed E-state index contributed by atoms with van der Waals surface area (Å²) in [5.74, 6) is 2.09. The molecule has 0 bridgehead atoms. The monoisotopic (exact) mass is 187 g/mol. The lowest BCUT2D eigenvalue weighted by atomic mass is 10.1. The van der Waals surface area contributed by atoms with Gasteiger partial charge in [0, 0.05) is 17.8 Å². The van der Waals surface area contributed by atoms with Crippen LogP contribution >= 0.6 is 11.8 Å². The van der Waals surface area contributed by atoms with E-state index in [4.69, 9.17) is 0 Å². The minimum atomic E-state index is 0.697. The molecule has 0 radical (unpaired) electrons. The molecule has 0 amide bonds. The highest BCUT2D eigenvalue weighted by Crippen LogP contribution is 2.34. The van der Waals surface area contributed by atoms with Gasteiger partial charge in [-0.05, 0) is 26.7 Å². The van der Waals surface area contributed by atoms with Crippen LogP contribution in [0.5, 0.6) is 0 Å². The van der Waals surface area contributed by atoms with Gasteiger partial charge in [-0.3, -0.25) is 4.90 Å². The molecule has 1 nitrogen and oxygen atoms in total. The number of hydrogen-bond acceptors (Lipinski definition) is 2. The fourth-order valence-electron chi connectivity index (χ4n) is 2.00. The Bertz CT molecular complexity index is 145. The van der Waals surface area contributed by atoms with Gasteiger partial charge in [-0.1, -0.05) is 13.8 Å². The second-order valence-corrected chi connectivity index (χ2v) is 5.51. The smallest absolute Gasteiger partial charge is 0.0586 e. The number of nitrogens with zero attached hydrogens (tertiary/aromatic N) is 1. The Morgan fingerprint density at radius 1 is 1.25 bits per heavy atom. The fourth-order valence-corrected chi connectivity index (χ4v) is 3.66. The molecule has 1 rings (SSSR count). The Labute approximate surface area is 80.9 Å². The van der Waals surface area contributed by atoms with Gasteiger partial charge in [-0.15, -0.1) is 11.8 Å². The number of rotatable bonds is 2. The van der Waals surface area contributed by atoms with Gasteiger partial charge in [0.1, 0.15) is 0 Å². The summed E-state index contributed by atoms with van der Waals surface area (Å²) < 4.78 is 0. The zero-order valence-electron chi connectivity index (χ0n) is 8.87. The predicted octanol–water partition coefficient (Wildman–Crippen LogP) is 2.81. The van der Waals surface area contributed by atoms with E-state index in [1.807, 2.05) is 0 Å². The van der Waals surface area contributed by atoms with Crippen LogP contribution in [0.2, 0.25) is 0 Å². The van der Waals surface area contributed by atoms with E-state index in [0.717, 1.165) is 17.3 Å². The first-order valence-electron chi connectivity index (χ1n) is 4.93. The number of thioether (sulfide) groups is 1. The third-order valence-corrected chi connectivity index (χ3v) is 4.28. The normalized spacial score (nSPS) is 32.2. The highest BCUT2D eigenvalue weighted by Gasteiger charge is 2.34. The minimum Gasteiger partial charge on any atom is -0.285 e. The maximum atomic E-state index is 2.65. The van der Waals surface area contributed by atoms with E-state index in [9.17, 15) is 0 Å². The molecule has 0 spiro atoms. The molecule has 12 heavy (non-hydrogen) atoms. The summed E-state index contributed by atoms with van der Waals surface area (Å²) >= 11 is 2.12. The average Bonchev–Trinajstić information content (AvgIpc) is 2.30. The lowest BCUT2D eigenvalue weighted by Gasteiger charge is -2.33. The van der Waals surface area contributed by atoms with E-state index in [1.54, 1.807) is 0 Å². The molecule has 1 aliphatic heterocycles. The molecule has 0 saturated carbocycles. The topological polar surface area (TPSA) is 3.24 Å². The molecule has 0 aromatic carbocycles. The lowest BCUT2D eigenvalue weighted by Crippen LogP contribution is -2.42. The van der Waals surface area contributed by atoms with E-state index in [2.05, 4.69) is 51.3 Å². The molecular formula is C10H21NS. The highest BCUT2D eigenvalue weighted by atomic mass is 32.2. The van der Waals surface area contributed by atoms with Gasteiger partial charge >= 0.3 is 0 Å². The Balaban J connectivity index is 2.64. The SMILES string of the molecule is CC(C)C1SCC(C)N1C(C)C. The molecule has 1 aliphatic rings. The van der Waals surface area contributed by atoms with Crippen LogP contribution in [-0.2, 0) is 0 Å². The van der Waals surface area contributed by atoms with Crippen molar-refractivity contribution in [2.75, 3.05) is 5.75 Å². The maximum absolute atomic E-state index is 2.65. The maximum Gasteiger partial charge on any atom is 0.0586 e. The van der Waals surface area contributed by atoms with Crippen LogP contribution in [0.25, 0.3) is 0 Å². The Morgan fingerprint density at radius 2 is 1.83 bits per heavy atom. The van der Waals surface area contributed by atoms with Crippen molar-refractivity contribution in [2.24, 2.45) is 5.92 Å². The minimum absolute atomic E-state index is 0.697. The molecule has 2 unspecified atom stereocenters. The fraction of sp³-hybridized carbons (Fsp3) is 1.00. The molecule has 0 N–H and O–H groups in total. The zero-order chi connectivity index (χ0) is 9.30. The largest absolute Gasteiger partial charge is 0.285 e. The standard InChI is InChI=1S/C10H21NS/c1-7(2)10-11(8(3)4)9(5)6-12-10/h7-10H,6H2,1-5H3. The van der Waals surface area contributed by atoms with Gasteiger partial charge in [0.15, 0.2) is 0 Å². The Kier molecular flexibility index (Phi) is 3.47. The van der Waals surface area contributed by atoms with Crippen molar-refractivity contribution in [2.45, 2.75) is 52.1 Å². The highest BCUT2D eigenvalue weighted by molar-refractivity contribution is 8.00.